The standard InChI is InChI=1S/C13H22N2O5/c1-13(2,14)5-3-10(16)15-6-4-8(11(17)18)9(7-15)12(19)20/h8-9H,3-7,14H2,1-2H3,(H,17,18)(H,19,20). The van der Waals surface area contributed by atoms with Crippen LogP contribution in [-0.2, 0) is 14.4 Å². The van der Waals surface area contributed by atoms with Crippen LogP contribution < -0.4 is 5.73 Å². The van der Waals surface area contributed by atoms with Gasteiger partial charge in [0.25, 0.3) is 0 Å². The lowest BCUT2D eigenvalue weighted by Crippen LogP contribution is -2.49. The highest BCUT2D eigenvalue weighted by molar-refractivity contribution is 5.82. The maximum Gasteiger partial charge on any atom is 0.309 e. The van der Waals surface area contributed by atoms with Crippen LogP contribution in [0.15, 0.2) is 0 Å². The molecule has 114 valence electrons. The van der Waals surface area contributed by atoms with Gasteiger partial charge in [-0.3, -0.25) is 14.4 Å². The van der Waals surface area contributed by atoms with Crippen molar-refractivity contribution in [2.45, 2.75) is 38.6 Å². The second-order valence-electron chi connectivity index (χ2n) is 6.01. The minimum absolute atomic E-state index is 0.0455. The minimum atomic E-state index is -1.17. The molecule has 0 aromatic carbocycles. The summed E-state index contributed by atoms with van der Waals surface area (Å²) < 4.78 is 0. The van der Waals surface area contributed by atoms with E-state index in [1.165, 1.54) is 4.90 Å². The predicted octanol–water partition coefficient (Wildman–Crippen LogP) is 0.138. The Kier molecular flexibility index (Phi) is 5.10. The molecule has 0 spiro atoms. The van der Waals surface area contributed by atoms with Crippen LogP contribution in [0.2, 0.25) is 0 Å². The number of amides is 1. The molecule has 1 saturated heterocycles. The van der Waals surface area contributed by atoms with Crippen molar-refractivity contribution in [3.8, 4) is 0 Å². The monoisotopic (exact) mass is 286 g/mol. The van der Waals surface area contributed by atoms with Crippen LogP contribution in [-0.4, -0.2) is 51.6 Å². The summed E-state index contributed by atoms with van der Waals surface area (Å²) in [6.07, 6.45) is 0.917. The summed E-state index contributed by atoms with van der Waals surface area (Å²) in [4.78, 5) is 35.6. The number of carboxylic acids is 2. The maximum atomic E-state index is 12.0. The molecule has 1 aliphatic rings. The fraction of sp³-hybridized carbons (Fsp3) is 0.769. The van der Waals surface area contributed by atoms with Gasteiger partial charge < -0.3 is 20.8 Å². The zero-order valence-corrected chi connectivity index (χ0v) is 11.8. The molecule has 20 heavy (non-hydrogen) atoms. The van der Waals surface area contributed by atoms with Gasteiger partial charge in [0.2, 0.25) is 5.91 Å². The molecule has 0 radical (unpaired) electrons. The summed E-state index contributed by atoms with van der Waals surface area (Å²) in [5.74, 6) is -4.43. The largest absolute Gasteiger partial charge is 0.481 e. The van der Waals surface area contributed by atoms with Crippen molar-refractivity contribution in [2.75, 3.05) is 13.1 Å². The van der Waals surface area contributed by atoms with E-state index < -0.39 is 29.3 Å². The van der Waals surface area contributed by atoms with Crippen molar-refractivity contribution in [1.29, 1.82) is 0 Å². The highest BCUT2D eigenvalue weighted by atomic mass is 16.4. The Hall–Kier alpha value is -1.63. The van der Waals surface area contributed by atoms with Crippen molar-refractivity contribution in [3.63, 3.8) is 0 Å². The van der Waals surface area contributed by atoms with E-state index in [9.17, 15) is 14.4 Å². The van der Waals surface area contributed by atoms with Crippen LogP contribution >= 0.6 is 0 Å². The summed E-state index contributed by atoms with van der Waals surface area (Å²) in [7, 11) is 0. The highest BCUT2D eigenvalue weighted by Gasteiger charge is 2.39. The number of rotatable bonds is 5. The van der Waals surface area contributed by atoms with Gasteiger partial charge in [0.15, 0.2) is 0 Å². The molecule has 0 saturated carbocycles. The van der Waals surface area contributed by atoms with Crippen molar-refractivity contribution < 1.29 is 24.6 Å². The molecule has 2 unspecified atom stereocenters. The van der Waals surface area contributed by atoms with E-state index in [1.807, 2.05) is 13.8 Å². The Morgan fingerprint density at radius 1 is 1.20 bits per heavy atom. The molecule has 0 aromatic heterocycles. The Bertz CT molecular complexity index is 402. The topological polar surface area (TPSA) is 121 Å². The van der Waals surface area contributed by atoms with Crippen molar-refractivity contribution in [2.24, 2.45) is 17.6 Å². The molecular formula is C13H22N2O5. The molecule has 0 aromatic rings. The average molecular weight is 286 g/mol. The maximum absolute atomic E-state index is 12.0. The lowest BCUT2D eigenvalue weighted by atomic mass is 9.85. The molecular weight excluding hydrogens is 264 g/mol. The summed E-state index contributed by atoms with van der Waals surface area (Å²) in [6.45, 7) is 3.87. The summed E-state index contributed by atoms with van der Waals surface area (Å²) in [6, 6.07) is 0. The number of carbonyl (C=O) groups excluding carboxylic acids is 1. The van der Waals surface area contributed by atoms with E-state index in [-0.39, 0.29) is 31.8 Å². The Labute approximate surface area is 117 Å². The molecule has 7 heteroatoms. The zero-order chi connectivity index (χ0) is 15.5. The number of nitrogens with zero attached hydrogens (tertiary/aromatic N) is 1. The van der Waals surface area contributed by atoms with Gasteiger partial charge in [-0.25, -0.2) is 0 Å². The van der Waals surface area contributed by atoms with Crippen LogP contribution in [0, 0.1) is 11.8 Å². The Morgan fingerprint density at radius 2 is 1.75 bits per heavy atom. The fourth-order valence-corrected chi connectivity index (χ4v) is 2.31. The zero-order valence-electron chi connectivity index (χ0n) is 11.8. The first-order chi connectivity index (χ1) is 9.11. The first kappa shape index (κ1) is 16.4. The van der Waals surface area contributed by atoms with E-state index in [4.69, 9.17) is 15.9 Å². The smallest absolute Gasteiger partial charge is 0.309 e. The normalized spacial score (nSPS) is 23.4. The van der Waals surface area contributed by atoms with Crippen LogP contribution in [0.3, 0.4) is 0 Å². The molecule has 0 bridgehead atoms. The molecule has 7 nitrogen and oxygen atoms in total. The highest BCUT2D eigenvalue weighted by Crippen LogP contribution is 2.25. The van der Waals surface area contributed by atoms with Crippen LogP contribution in [0.25, 0.3) is 0 Å². The van der Waals surface area contributed by atoms with Gasteiger partial charge in [-0.05, 0) is 26.7 Å². The number of hydrogen-bond donors (Lipinski definition) is 3. The van der Waals surface area contributed by atoms with Crippen molar-refractivity contribution >= 4 is 17.8 Å². The molecule has 1 fully saturated rings. The first-order valence-corrected chi connectivity index (χ1v) is 6.64. The van der Waals surface area contributed by atoms with Gasteiger partial charge in [0, 0.05) is 25.0 Å². The van der Waals surface area contributed by atoms with Gasteiger partial charge in [0.1, 0.15) is 0 Å². The van der Waals surface area contributed by atoms with E-state index in [2.05, 4.69) is 0 Å². The number of nitrogens with two attached hydrogens (primary N) is 1. The number of likely N-dealkylation sites (tertiary alicyclic amines) is 1. The number of carboxylic acid groups (broad SMARTS) is 2. The van der Waals surface area contributed by atoms with Gasteiger partial charge in [-0.2, -0.15) is 0 Å². The fourth-order valence-electron chi connectivity index (χ4n) is 2.31. The van der Waals surface area contributed by atoms with E-state index in [0.29, 0.717) is 6.42 Å². The summed E-state index contributed by atoms with van der Waals surface area (Å²) in [5.41, 5.74) is 5.35. The van der Waals surface area contributed by atoms with E-state index >= 15 is 0 Å². The predicted molar refractivity (Wildman–Crippen MR) is 70.9 cm³/mol. The third-order valence-corrected chi connectivity index (χ3v) is 3.58. The van der Waals surface area contributed by atoms with E-state index in [0.717, 1.165) is 0 Å². The molecule has 1 aliphatic heterocycles. The molecule has 0 aliphatic carbocycles. The molecule has 1 amide bonds. The average Bonchev–Trinajstić information content (AvgIpc) is 2.34. The van der Waals surface area contributed by atoms with Gasteiger partial charge in [-0.1, -0.05) is 0 Å². The van der Waals surface area contributed by atoms with Crippen molar-refractivity contribution in [1.82, 2.24) is 4.90 Å². The second-order valence-corrected chi connectivity index (χ2v) is 6.01. The van der Waals surface area contributed by atoms with Crippen LogP contribution in [0.1, 0.15) is 33.1 Å². The number of carbonyl (C=O) groups is 3. The van der Waals surface area contributed by atoms with E-state index in [1.54, 1.807) is 0 Å². The van der Waals surface area contributed by atoms with Crippen LogP contribution in [0.4, 0.5) is 0 Å². The number of aliphatic carboxylic acids is 2. The minimum Gasteiger partial charge on any atom is -0.481 e. The Morgan fingerprint density at radius 3 is 2.20 bits per heavy atom. The molecule has 1 heterocycles. The quantitative estimate of drug-likeness (QED) is 0.661. The second kappa shape index (κ2) is 6.21. The number of piperidine rings is 1. The molecule has 1 rings (SSSR count). The van der Waals surface area contributed by atoms with Gasteiger partial charge in [-0.15, -0.1) is 0 Å². The summed E-state index contributed by atoms with van der Waals surface area (Å²) >= 11 is 0. The summed E-state index contributed by atoms with van der Waals surface area (Å²) in [5, 5.41) is 18.1. The van der Waals surface area contributed by atoms with Crippen molar-refractivity contribution in [3.05, 3.63) is 0 Å². The first-order valence-electron chi connectivity index (χ1n) is 6.64. The van der Waals surface area contributed by atoms with Gasteiger partial charge in [0.05, 0.1) is 11.8 Å². The number of hydrogen-bond acceptors (Lipinski definition) is 4. The lowest BCUT2D eigenvalue weighted by Gasteiger charge is -2.35. The Balaban J connectivity index is 2.64. The lowest BCUT2D eigenvalue weighted by molar-refractivity contribution is -0.159. The molecule has 2 atom stereocenters. The SMILES string of the molecule is CC(C)(N)CCC(=O)N1CCC(C(=O)O)C(C(=O)O)C1. The molecule has 4 N–H and O–H groups in total. The van der Waals surface area contributed by atoms with Crippen LogP contribution in [0.5, 0.6) is 0 Å². The van der Waals surface area contributed by atoms with Gasteiger partial charge >= 0.3 is 11.9 Å². The third kappa shape index (κ3) is 4.48. The third-order valence-electron chi connectivity index (χ3n) is 3.58.